The number of carbonyl (C=O) groups is 2. The van der Waals surface area contributed by atoms with Crippen molar-refractivity contribution < 1.29 is 14.3 Å². The lowest BCUT2D eigenvalue weighted by atomic mass is 10.0. The van der Waals surface area contributed by atoms with Gasteiger partial charge in [0.2, 0.25) is 0 Å². The van der Waals surface area contributed by atoms with E-state index in [1.165, 1.54) is 4.90 Å². The molecule has 1 heterocycles. The van der Waals surface area contributed by atoms with Gasteiger partial charge in [-0.1, -0.05) is 6.07 Å². The number of ketones is 1. The molecule has 0 spiro atoms. The van der Waals surface area contributed by atoms with Gasteiger partial charge in [0.25, 0.3) is 11.7 Å². The van der Waals surface area contributed by atoms with Crippen LogP contribution in [-0.2, 0) is 9.53 Å². The average Bonchev–Trinajstić information content (AvgIpc) is 2.59. The van der Waals surface area contributed by atoms with Crippen LogP contribution in [0.15, 0.2) is 12.1 Å². The summed E-state index contributed by atoms with van der Waals surface area (Å²) in [6.07, 6.45) is -0.104. The van der Waals surface area contributed by atoms with Gasteiger partial charge in [-0.3, -0.25) is 9.59 Å². The van der Waals surface area contributed by atoms with E-state index >= 15 is 0 Å². The summed E-state index contributed by atoms with van der Waals surface area (Å²) in [6, 6.07) is 3.61. The number of amides is 1. The van der Waals surface area contributed by atoms with Gasteiger partial charge in [-0.25, -0.2) is 0 Å². The predicted octanol–water partition coefficient (Wildman–Crippen LogP) is 1.87. The quantitative estimate of drug-likeness (QED) is 0.766. The fraction of sp³-hybridized carbons (Fsp3) is 0.429. The molecular formula is C14H17NO3. The van der Waals surface area contributed by atoms with Gasteiger partial charge in [0, 0.05) is 7.11 Å². The molecule has 1 aromatic rings. The van der Waals surface area contributed by atoms with Crippen molar-refractivity contribution in [2.45, 2.75) is 26.9 Å². The van der Waals surface area contributed by atoms with Crippen LogP contribution in [0.1, 0.15) is 28.4 Å². The van der Waals surface area contributed by atoms with Crippen molar-refractivity contribution >= 4 is 17.4 Å². The Morgan fingerprint density at radius 2 is 1.94 bits per heavy atom. The zero-order valence-corrected chi connectivity index (χ0v) is 11.1. The van der Waals surface area contributed by atoms with E-state index in [0.29, 0.717) is 12.1 Å². The second kappa shape index (κ2) is 4.53. The van der Waals surface area contributed by atoms with Gasteiger partial charge in [-0.2, -0.15) is 0 Å². The summed E-state index contributed by atoms with van der Waals surface area (Å²) in [4.78, 5) is 25.4. The number of Topliss-reactive ketones (excluding diaryl/α,β-unsaturated/α-hetero) is 1. The van der Waals surface area contributed by atoms with Crippen LogP contribution in [0.2, 0.25) is 0 Å². The minimum Gasteiger partial charge on any atom is -0.380 e. The molecule has 0 saturated heterocycles. The molecule has 1 amide bonds. The van der Waals surface area contributed by atoms with Crippen molar-refractivity contribution in [2.75, 3.05) is 18.6 Å². The second-order valence-corrected chi connectivity index (χ2v) is 4.69. The Kier molecular flexibility index (Phi) is 3.22. The first-order chi connectivity index (χ1) is 8.47. The van der Waals surface area contributed by atoms with Crippen LogP contribution < -0.4 is 4.90 Å². The third-order valence-corrected chi connectivity index (χ3v) is 3.50. The highest BCUT2D eigenvalue weighted by molar-refractivity contribution is 6.52. The fourth-order valence-electron chi connectivity index (χ4n) is 2.18. The Hall–Kier alpha value is -1.68. The first kappa shape index (κ1) is 12.8. The maximum atomic E-state index is 12.0. The summed E-state index contributed by atoms with van der Waals surface area (Å²) < 4.78 is 5.18. The Labute approximate surface area is 107 Å². The molecule has 1 aliphatic rings. The molecule has 96 valence electrons. The number of fused-ring (bicyclic) bond motifs is 1. The van der Waals surface area contributed by atoms with Crippen LogP contribution in [0.3, 0.4) is 0 Å². The van der Waals surface area contributed by atoms with Gasteiger partial charge < -0.3 is 9.64 Å². The summed E-state index contributed by atoms with van der Waals surface area (Å²) in [5.74, 6) is -0.876. The van der Waals surface area contributed by atoms with Crippen molar-refractivity contribution in [1.82, 2.24) is 0 Å². The highest BCUT2D eigenvalue weighted by Crippen LogP contribution is 2.34. The maximum Gasteiger partial charge on any atom is 0.299 e. The standard InChI is InChI=1S/C14H17NO3/c1-8-5-6-11-12(10(8)3)15(7-9(2)18-4)14(17)13(11)16/h5-6,9H,7H2,1-4H3. The summed E-state index contributed by atoms with van der Waals surface area (Å²) in [5.41, 5.74) is 3.31. The van der Waals surface area contributed by atoms with Crippen molar-refractivity contribution in [1.29, 1.82) is 0 Å². The summed E-state index contributed by atoms with van der Waals surface area (Å²) in [5, 5.41) is 0. The molecule has 4 heteroatoms. The van der Waals surface area contributed by atoms with Gasteiger partial charge in [-0.15, -0.1) is 0 Å². The van der Waals surface area contributed by atoms with Gasteiger partial charge in [0.1, 0.15) is 0 Å². The first-order valence-electron chi connectivity index (χ1n) is 5.96. The lowest BCUT2D eigenvalue weighted by Gasteiger charge is -2.22. The number of ether oxygens (including phenoxy) is 1. The molecule has 2 rings (SSSR count). The molecule has 0 saturated carbocycles. The molecule has 0 aromatic heterocycles. The topological polar surface area (TPSA) is 46.6 Å². The number of rotatable bonds is 3. The number of anilines is 1. The van der Waals surface area contributed by atoms with Crippen LogP contribution >= 0.6 is 0 Å². The Morgan fingerprint density at radius 3 is 2.56 bits per heavy atom. The summed E-state index contributed by atoms with van der Waals surface area (Å²) >= 11 is 0. The van der Waals surface area contributed by atoms with Gasteiger partial charge in [0.05, 0.1) is 23.9 Å². The van der Waals surface area contributed by atoms with E-state index in [4.69, 9.17) is 4.74 Å². The SMILES string of the molecule is COC(C)CN1C(=O)C(=O)c2ccc(C)c(C)c21. The lowest BCUT2D eigenvalue weighted by molar-refractivity contribution is -0.114. The van der Waals surface area contributed by atoms with E-state index in [9.17, 15) is 9.59 Å². The van der Waals surface area contributed by atoms with Crippen LogP contribution in [-0.4, -0.2) is 31.4 Å². The number of hydrogen-bond acceptors (Lipinski definition) is 3. The minimum atomic E-state index is -0.456. The van der Waals surface area contributed by atoms with Crippen LogP contribution in [0.25, 0.3) is 0 Å². The Bertz CT molecular complexity index is 522. The van der Waals surface area contributed by atoms with Crippen molar-refractivity contribution in [3.05, 3.63) is 28.8 Å². The number of methoxy groups -OCH3 is 1. The molecule has 0 radical (unpaired) electrons. The molecule has 4 nitrogen and oxygen atoms in total. The first-order valence-corrected chi connectivity index (χ1v) is 5.96. The molecule has 1 atom stereocenters. The molecule has 0 bridgehead atoms. The Morgan fingerprint density at radius 1 is 1.28 bits per heavy atom. The fourth-order valence-corrected chi connectivity index (χ4v) is 2.18. The van der Waals surface area contributed by atoms with Gasteiger partial charge in [-0.05, 0) is 38.0 Å². The van der Waals surface area contributed by atoms with E-state index in [1.807, 2.05) is 26.8 Å². The van der Waals surface area contributed by atoms with E-state index in [2.05, 4.69) is 0 Å². The molecule has 18 heavy (non-hydrogen) atoms. The number of hydrogen-bond donors (Lipinski definition) is 0. The zero-order valence-electron chi connectivity index (χ0n) is 11.1. The van der Waals surface area contributed by atoms with Crippen molar-refractivity contribution in [2.24, 2.45) is 0 Å². The number of nitrogens with zero attached hydrogens (tertiary/aromatic N) is 1. The van der Waals surface area contributed by atoms with Crippen molar-refractivity contribution in [3.63, 3.8) is 0 Å². The van der Waals surface area contributed by atoms with E-state index in [0.717, 1.165) is 16.8 Å². The number of benzene rings is 1. The van der Waals surface area contributed by atoms with E-state index in [1.54, 1.807) is 13.2 Å². The van der Waals surface area contributed by atoms with Crippen LogP contribution in [0.4, 0.5) is 5.69 Å². The third-order valence-electron chi connectivity index (χ3n) is 3.50. The highest BCUT2D eigenvalue weighted by atomic mass is 16.5. The maximum absolute atomic E-state index is 12.0. The van der Waals surface area contributed by atoms with Crippen molar-refractivity contribution in [3.8, 4) is 0 Å². The van der Waals surface area contributed by atoms with Crippen LogP contribution in [0.5, 0.6) is 0 Å². The lowest BCUT2D eigenvalue weighted by Crippen LogP contribution is -2.36. The molecule has 0 fully saturated rings. The van der Waals surface area contributed by atoms with Crippen LogP contribution in [0, 0.1) is 13.8 Å². The summed E-state index contributed by atoms with van der Waals surface area (Å²) in [6.45, 7) is 6.19. The Balaban J connectivity index is 2.50. The second-order valence-electron chi connectivity index (χ2n) is 4.69. The normalized spacial score (nSPS) is 16.1. The van der Waals surface area contributed by atoms with E-state index < -0.39 is 11.7 Å². The number of carbonyl (C=O) groups excluding carboxylic acids is 2. The molecule has 0 N–H and O–H groups in total. The largest absolute Gasteiger partial charge is 0.380 e. The molecule has 0 aliphatic carbocycles. The number of aryl methyl sites for hydroxylation is 1. The average molecular weight is 247 g/mol. The zero-order chi connectivity index (χ0) is 13.4. The highest BCUT2D eigenvalue weighted by Gasteiger charge is 2.37. The minimum absolute atomic E-state index is 0.104. The molecular weight excluding hydrogens is 230 g/mol. The molecule has 1 aliphatic heterocycles. The molecule has 1 aromatic carbocycles. The van der Waals surface area contributed by atoms with Gasteiger partial charge in [0.15, 0.2) is 0 Å². The summed E-state index contributed by atoms with van der Waals surface area (Å²) in [7, 11) is 1.59. The third kappa shape index (κ3) is 1.82. The molecule has 1 unspecified atom stereocenters. The monoisotopic (exact) mass is 247 g/mol. The smallest absolute Gasteiger partial charge is 0.299 e. The van der Waals surface area contributed by atoms with E-state index in [-0.39, 0.29) is 6.10 Å². The van der Waals surface area contributed by atoms with Gasteiger partial charge >= 0.3 is 0 Å². The predicted molar refractivity (Wildman–Crippen MR) is 69.1 cm³/mol.